The lowest BCUT2D eigenvalue weighted by Gasteiger charge is -2.14. The predicted octanol–water partition coefficient (Wildman–Crippen LogP) is 0.708. The number of amides is 1. The maximum absolute atomic E-state index is 11.8. The fourth-order valence-corrected chi connectivity index (χ4v) is 2.14. The summed E-state index contributed by atoms with van der Waals surface area (Å²) in [6.07, 6.45) is 6.13. The first kappa shape index (κ1) is 7.80. The Hall–Kier alpha value is -0.570. The Morgan fingerprint density at radius 3 is 2.77 bits per heavy atom. The minimum absolute atomic E-state index is 0.0798. The Labute approximate surface area is 78.5 Å². The van der Waals surface area contributed by atoms with E-state index < -0.39 is 0 Å². The van der Waals surface area contributed by atoms with Crippen LogP contribution in [0.25, 0.3) is 0 Å². The summed E-state index contributed by atoms with van der Waals surface area (Å²) >= 11 is 0. The fourth-order valence-electron chi connectivity index (χ4n) is 2.14. The smallest absolute Gasteiger partial charge is 0.243 e. The van der Waals surface area contributed by atoms with E-state index in [0.717, 1.165) is 32.0 Å². The van der Waals surface area contributed by atoms with Crippen molar-refractivity contribution in [3.63, 3.8) is 0 Å². The minimum Gasteiger partial charge on any atom is -0.328 e. The Balaban J connectivity index is 1.56. The van der Waals surface area contributed by atoms with Crippen LogP contribution in [0.1, 0.15) is 32.1 Å². The molecule has 0 unspecified atom stereocenters. The molecule has 3 fully saturated rings. The van der Waals surface area contributed by atoms with Gasteiger partial charge in [0.05, 0.1) is 12.2 Å². The molecule has 0 atom stereocenters. The Kier molecular flexibility index (Phi) is 1.48. The van der Waals surface area contributed by atoms with E-state index in [1.54, 1.807) is 0 Å². The van der Waals surface area contributed by atoms with Gasteiger partial charge in [-0.25, -0.2) is 0 Å². The van der Waals surface area contributed by atoms with Gasteiger partial charge in [-0.1, -0.05) is 12.8 Å². The summed E-state index contributed by atoms with van der Waals surface area (Å²) in [6.45, 7) is 1.78. The second-order valence-corrected chi connectivity index (χ2v) is 4.72. The molecule has 3 aliphatic rings. The third-order valence-corrected chi connectivity index (χ3v) is 3.56. The highest BCUT2D eigenvalue weighted by atomic mass is 16.2. The molecular weight excluding hydrogens is 164 g/mol. The molecule has 13 heavy (non-hydrogen) atoms. The lowest BCUT2D eigenvalue weighted by Crippen LogP contribution is -2.32. The summed E-state index contributed by atoms with van der Waals surface area (Å²) < 4.78 is 0. The highest BCUT2D eigenvalue weighted by Crippen LogP contribution is 2.40. The molecule has 1 N–H and O–H groups in total. The molecule has 0 radical (unpaired) electrons. The standard InChI is InChI=1S/C10H16N2O/c13-9-10(4-5-10)11-7-12(9)6-3-8-1-2-8/h8,11H,1-7H2. The molecule has 2 saturated carbocycles. The van der Waals surface area contributed by atoms with Crippen molar-refractivity contribution in [3.05, 3.63) is 0 Å². The molecule has 0 bridgehead atoms. The van der Waals surface area contributed by atoms with Gasteiger partial charge in [-0.3, -0.25) is 10.1 Å². The van der Waals surface area contributed by atoms with Crippen LogP contribution in [0.4, 0.5) is 0 Å². The van der Waals surface area contributed by atoms with E-state index in [4.69, 9.17) is 0 Å². The summed E-state index contributed by atoms with van der Waals surface area (Å²) in [5.74, 6) is 1.30. The number of carbonyl (C=O) groups excluding carboxylic acids is 1. The van der Waals surface area contributed by atoms with Crippen molar-refractivity contribution < 1.29 is 4.79 Å². The van der Waals surface area contributed by atoms with E-state index >= 15 is 0 Å². The van der Waals surface area contributed by atoms with Gasteiger partial charge in [0.1, 0.15) is 0 Å². The quantitative estimate of drug-likeness (QED) is 0.693. The third kappa shape index (κ3) is 1.26. The van der Waals surface area contributed by atoms with Crippen molar-refractivity contribution in [3.8, 4) is 0 Å². The van der Waals surface area contributed by atoms with E-state index in [1.807, 2.05) is 4.90 Å². The van der Waals surface area contributed by atoms with E-state index in [-0.39, 0.29) is 5.54 Å². The van der Waals surface area contributed by atoms with Gasteiger partial charge in [0, 0.05) is 6.54 Å². The molecule has 0 aromatic heterocycles. The lowest BCUT2D eigenvalue weighted by molar-refractivity contribution is -0.129. The van der Waals surface area contributed by atoms with Gasteiger partial charge in [0.15, 0.2) is 0 Å². The molecule has 1 amide bonds. The molecule has 72 valence electrons. The highest BCUT2D eigenvalue weighted by Gasteiger charge is 2.55. The van der Waals surface area contributed by atoms with Gasteiger partial charge in [0.25, 0.3) is 0 Å². The number of nitrogens with one attached hydrogen (secondary N) is 1. The van der Waals surface area contributed by atoms with Crippen molar-refractivity contribution in [1.82, 2.24) is 10.2 Å². The summed E-state index contributed by atoms with van der Waals surface area (Å²) in [4.78, 5) is 13.8. The first-order valence-electron chi connectivity index (χ1n) is 5.35. The third-order valence-electron chi connectivity index (χ3n) is 3.56. The summed E-state index contributed by atoms with van der Waals surface area (Å²) in [5.41, 5.74) is -0.0798. The van der Waals surface area contributed by atoms with E-state index in [2.05, 4.69) is 5.32 Å². The second-order valence-electron chi connectivity index (χ2n) is 4.72. The highest BCUT2D eigenvalue weighted by molar-refractivity contribution is 5.91. The zero-order valence-electron chi connectivity index (χ0n) is 7.88. The molecule has 1 heterocycles. The average Bonchev–Trinajstić information content (AvgIpc) is 2.98. The van der Waals surface area contributed by atoms with Gasteiger partial charge in [-0.2, -0.15) is 0 Å². The van der Waals surface area contributed by atoms with Crippen LogP contribution in [0, 0.1) is 5.92 Å². The van der Waals surface area contributed by atoms with E-state index in [1.165, 1.54) is 19.3 Å². The second kappa shape index (κ2) is 2.47. The monoisotopic (exact) mass is 180 g/mol. The van der Waals surface area contributed by atoms with Crippen LogP contribution in [0.15, 0.2) is 0 Å². The van der Waals surface area contributed by atoms with Crippen molar-refractivity contribution in [2.75, 3.05) is 13.2 Å². The first-order chi connectivity index (χ1) is 6.30. The van der Waals surface area contributed by atoms with Crippen molar-refractivity contribution in [2.24, 2.45) is 5.92 Å². The van der Waals surface area contributed by atoms with Gasteiger partial charge in [-0.05, 0) is 25.2 Å². The molecule has 0 aromatic rings. The maximum Gasteiger partial charge on any atom is 0.243 e. The molecule has 3 rings (SSSR count). The molecule has 1 spiro atoms. The fraction of sp³-hybridized carbons (Fsp3) is 0.900. The van der Waals surface area contributed by atoms with E-state index in [0.29, 0.717) is 5.91 Å². The van der Waals surface area contributed by atoms with Gasteiger partial charge in [0.2, 0.25) is 5.91 Å². The molecule has 3 heteroatoms. The number of hydrogen-bond acceptors (Lipinski definition) is 2. The number of hydrogen-bond donors (Lipinski definition) is 1. The maximum atomic E-state index is 11.8. The van der Waals surface area contributed by atoms with Crippen molar-refractivity contribution in [2.45, 2.75) is 37.6 Å². The molecule has 2 aliphatic carbocycles. The molecule has 3 nitrogen and oxygen atoms in total. The first-order valence-corrected chi connectivity index (χ1v) is 5.35. The summed E-state index contributed by atoms with van der Waals surface area (Å²) in [6, 6.07) is 0. The molecule has 0 aromatic carbocycles. The van der Waals surface area contributed by atoms with Crippen LogP contribution in [0.2, 0.25) is 0 Å². The minimum atomic E-state index is -0.0798. The number of rotatable bonds is 3. The van der Waals surface area contributed by atoms with Gasteiger partial charge < -0.3 is 4.90 Å². The molecule has 1 saturated heterocycles. The van der Waals surface area contributed by atoms with Gasteiger partial charge >= 0.3 is 0 Å². The van der Waals surface area contributed by atoms with Gasteiger partial charge in [-0.15, -0.1) is 0 Å². The normalized spacial score (nSPS) is 30.2. The number of carbonyl (C=O) groups is 1. The Morgan fingerprint density at radius 1 is 1.46 bits per heavy atom. The zero-order valence-corrected chi connectivity index (χ0v) is 7.88. The Bertz CT molecular complexity index is 243. The largest absolute Gasteiger partial charge is 0.328 e. The van der Waals surface area contributed by atoms with Crippen LogP contribution in [0.3, 0.4) is 0 Å². The summed E-state index contributed by atoms with van der Waals surface area (Å²) in [7, 11) is 0. The van der Waals surface area contributed by atoms with Crippen LogP contribution >= 0.6 is 0 Å². The summed E-state index contributed by atoms with van der Waals surface area (Å²) in [5, 5.41) is 3.33. The number of nitrogens with zero attached hydrogens (tertiary/aromatic N) is 1. The van der Waals surface area contributed by atoms with E-state index in [9.17, 15) is 4.79 Å². The average molecular weight is 180 g/mol. The van der Waals surface area contributed by atoms with Crippen LogP contribution in [-0.2, 0) is 4.79 Å². The van der Waals surface area contributed by atoms with Crippen molar-refractivity contribution in [1.29, 1.82) is 0 Å². The predicted molar refractivity (Wildman–Crippen MR) is 49.0 cm³/mol. The van der Waals surface area contributed by atoms with Crippen LogP contribution in [0.5, 0.6) is 0 Å². The topological polar surface area (TPSA) is 32.3 Å². The molecular formula is C10H16N2O. The zero-order chi connectivity index (χ0) is 8.89. The van der Waals surface area contributed by atoms with Crippen LogP contribution in [-0.4, -0.2) is 29.6 Å². The van der Waals surface area contributed by atoms with Crippen LogP contribution < -0.4 is 5.32 Å². The van der Waals surface area contributed by atoms with Crippen molar-refractivity contribution >= 4 is 5.91 Å². The lowest BCUT2D eigenvalue weighted by atomic mass is 10.2. The Morgan fingerprint density at radius 2 is 2.23 bits per heavy atom. The molecule has 1 aliphatic heterocycles. The SMILES string of the molecule is O=C1N(CCC2CC2)CNC12CC2.